The highest BCUT2D eigenvalue weighted by Crippen LogP contribution is 2.22. The van der Waals surface area contributed by atoms with Crippen molar-refractivity contribution in [1.29, 1.82) is 0 Å². The topological polar surface area (TPSA) is 80.4 Å². The molecule has 0 fully saturated rings. The molecule has 96 valence electrons. The van der Waals surface area contributed by atoms with Gasteiger partial charge in [0.2, 0.25) is 5.88 Å². The van der Waals surface area contributed by atoms with Crippen LogP contribution in [-0.4, -0.2) is 29.8 Å². The third kappa shape index (κ3) is 4.11. The van der Waals surface area contributed by atoms with Gasteiger partial charge in [0.25, 0.3) is 0 Å². The smallest absolute Gasteiger partial charge is 0.239 e. The maximum absolute atomic E-state index is 9.15. The molecule has 1 heterocycles. The van der Waals surface area contributed by atoms with E-state index in [2.05, 4.69) is 10.3 Å². The Hall–Kier alpha value is -1.49. The molecule has 1 aromatic rings. The summed E-state index contributed by atoms with van der Waals surface area (Å²) in [5.74, 6) is 1.14. The number of hydrogen-bond donors (Lipinski definition) is 3. The zero-order chi connectivity index (χ0) is 12.9. The third-order valence-corrected chi connectivity index (χ3v) is 2.35. The summed E-state index contributed by atoms with van der Waals surface area (Å²) >= 11 is 0. The Labute approximate surface area is 102 Å². The van der Waals surface area contributed by atoms with E-state index in [4.69, 9.17) is 15.6 Å². The van der Waals surface area contributed by atoms with Gasteiger partial charge in [-0.05, 0) is 19.1 Å². The van der Waals surface area contributed by atoms with Crippen LogP contribution in [0.1, 0.15) is 20.8 Å². The highest BCUT2D eigenvalue weighted by Gasteiger charge is 2.16. The molecule has 0 unspecified atom stereocenters. The van der Waals surface area contributed by atoms with Gasteiger partial charge >= 0.3 is 0 Å². The fraction of sp³-hybridized carbons (Fsp3) is 0.583. The van der Waals surface area contributed by atoms with E-state index in [1.807, 2.05) is 20.8 Å². The fourth-order valence-electron chi connectivity index (χ4n) is 1.19. The quantitative estimate of drug-likeness (QED) is 0.701. The number of ether oxygens (including phenoxy) is 1. The van der Waals surface area contributed by atoms with E-state index in [0.29, 0.717) is 30.5 Å². The van der Waals surface area contributed by atoms with E-state index in [-0.39, 0.29) is 12.0 Å². The molecule has 0 saturated heterocycles. The first-order valence-corrected chi connectivity index (χ1v) is 5.72. The monoisotopic (exact) mass is 239 g/mol. The molecular formula is C12H21N3O2. The Balaban J connectivity index is 2.69. The van der Waals surface area contributed by atoms with Crippen LogP contribution in [0.15, 0.2) is 12.1 Å². The van der Waals surface area contributed by atoms with E-state index < -0.39 is 0 Å². The molecule has 0 aliphatic carbocycles. The molecule has 17 heavy (non-hydrogen) atoms. The van der Waals surface area contributed by atoms with E-state index in [1.165, 1.54) is 0 Å². The highest BCUT2D eigenvalue weighted by molar-refractivity contribution is 5.53. The molecule has 0 amide bonds. The van der Waals surface area contributed by atoms with Crippen molar-refractivity contribution in [1.82, 2.24) is 4.98 Å². The molecule has 1 rings (SSSR count). The van der Waals surface area contributed by atoms with Gasteiger partial charge in [0, 0.05) is 18.6 Å². The number of anilines is 2. The number of nitrogens with zero attached hydrogens (tertiary/aromatic N) is 1. The molecule has 1 aromatic heterocycles. The van der Waals surface area contributed by atoms with Crippen LogP contribution < -0.4 is 15.8 Å². The van der Waals surface area contributed by atoms with Crippen molar-refractivity contribution in [3.05, 3.63) is 12.1 Å². The number of nitrogens with one attached hydrogen (secondary N) is 1. The predicted molar refractivity (Wildman–Crippen MR) is 69.2 cm³/mol. The van der Waals surface area contributed by atoms with Gasteiger partial charge in [0.1, 0.15) is 5.82 Å². The van der Waals surface area contributed by atoms with Crippen LogP contribution in [0.4, 0.5) is 11.5 Å². The number of rotatable bonds is 6. The van der Waals surface area contributed by atoms with Gasteiger partial charge in [0.05, 0.1) is 12.3 Å². The average Bonchev–Trinajstić information content (AvgIpc) is 2.31. The zero-order valence-corrected chi connectivity index (χ0v) is 10.7. The lowest BCUT2D eigenvalue weighted by molar-refractivity contribution is 0.170. The molecule has 5 nitrogen and oxygen atoms in total. The molecule has 0 aliphatic rings. The van der Waals surface area contributed by atoms with Gasteiger partial charge in [0.15, 0.2) is 0 Å². The second-order valence-electron chi connectivity index (χ2n) is 4.70. The largest absolute Gasteiger partial charge is 0.476 e. The Kier molecular flexibility index (Phi) is 4.57. The normalized spacial score (nSPS) is 11.3. The molecule has 5 heteroatoms. The first kappa shape index (κ1) is 13.6. The summed E-state index contributed by atoms with van der Waals surface area (Å²) in [6, 6.07) is 3.55. The van der Waals surface area contributed by atoms with Crippen molar-refractivity contribution >= 4 is 11.5 Å². The fourth-order valence-corrected chi connectivity index (χ4v) is 1.19. The number of aliphatic hydroxyl groups is 1. The van der Waals surface area contributed by atoms with Crippen molar-refractivity contribution < 1.29 is 9.84 Å². The van der Waals surface area contributed by atoms with Gasteiger partial charge in [-0.3, -0.25) is 0 Å². The summed E-state index contributed by atoms with van der Waals surface area (Å²) in [4.78, 5) is 4.26. The van der Waals surface area contributed by atoms with Crippen molar-refractivity contribution in [3.63, 3.8) is 0 Å². The molecule has 0 aliphatic heterocycles. The summed E-state index contributed by atoms with van der Waals surface area (Å²) in [6.07, 6.45) is 0. The predicted octanol–water partition coefficient (Wildman–Crippen LogP) is 1.49. The standard InChI is InChI=1S/C12H21N3O2/c1-4-17-11-9(13)5-6-10(15-11)14-7-12(2,3)8-16/h5-6,16H,4,7-8,13H2,1-3H3,(H,14,15). The molecular weight excluding hydrogens is 218 g/mol. The highest BCUT2D eigenvalue weighted by atomic mass is 16.5. The second kappa shape index (κ2) is 5.72. The van der Waals surface area contributed by atoms with E-state index in [1.54, 1.807) is 12.1 Å². The molecule has 0 spiro atoms. The van der Waals surface area contributed by atoms with Gasteiger partial charge in [-0.25, -0.2) is 0 Å². The van der Waals surface area contributed by atoms with Crippen LogP contribution in [0.25, 0.3) is 0 Å². The summed E-state index contributed by atoms with van der Waals surface area (Å²) in [5.41, 5.74) is 6.07. The van der Waals surface area contributed by atoms with Gasteiger partial charge < -0.3 is 20.9 Å². The zero-order valence-electron chi connectivity index (χ0n) is 10.7. The maximum atomic E-state index is 9.15. The second-order valence-corrected chi connectivity index (χ2v) is 4.70. The molecule has 0 atom stereocenters. The summed E-state index contributed by atoms with van der Waals surface area (Å²) in [6.45, 7) is 7.11. The van der Waals surface area contributed by atoms with E-state index in [9.17, 15) is 0 Å². The third-order valence-electron chi connectivity index (χ3n) is 2.35. The Morgan fingerprint density at radius 3 is 2.76 bits per heavy atom. The molecule has 0 radical (unpaired) electrons. The number of hydrogen-bond acceptors (Lipinski definition) is 5. The lowest BCUT2D eigenvalue weighted by Crippen LogP contribution is -2.27. The molecule has 0 saturated carbocycles. The van der Waals surface area contributed by atoms with Crippen molar-refractivity contribution in [2.45, 2.75) is 20.8 Å². The van der Waals surface area contributed by atoms with Crippen molar-refractivity contribution in [2.24, 2.45) is 5.41 Å². The average molecular weight is 239 g/mol. The SMILES string of the molecule is CCOc1nc(NCC(C)(C)CO)ccc1N. The van der Waals surface area contributed by atoms with Crippen LogP contribution in [0, 0.1) is 5.41 Å². The summed E-state index contributed by atoms with van der Waals surface area (Å²) in [7, 11) is 0. The number of nitrogen functional groups attached to an aromatic ring is 1. The Morgan fingerprint density at radius 1 is 1.47 bits per heavy atom. The maximum Gasteiger partial charge on any atom is 0.239 e. The van der Waals surface area contributed by atoms with Crippen molar-refractivity contribution in [3.8, 4) is 5.88 Å². The van der Waals surface area contributed by atoms with Crippen LogP contribution >= 0.6 is 0 Å². The minimum Gasteiger partial charge on any atom is -0.476 e. The summed E-state index contributed by atoms with van der Waals surface area (Å²) in [5, 5.41) is 12.3. The first-order chi connectivity index (χ1) is 7.98. The minimum atomic E-state index is -0.186. The van der Waals surface area contributed by atoms with Crippen LogP contribution in [0.3, 0.4) is 0 Å². The number of pyridine rings is 1. The lowest BCUT2D eigenvalue weighted by Gasteiger charge is -2.22. The lowest BCUT2D eigenvalue weighted by atomic mass is 9.95. The van der Waals surface area contributed by atoms with Crippen molar-refractivity contribution in [2.75, 3.05) is 30.8 Å². The summed E-state index contributed by atoms with van der Waals surface area (Å²) < 4.78 is 5.31. The number of aliphatic hydroxyl groups excluding tert-OH is 1. The number of nitrogens with two attached hydrogens (primary N) is 1. The Morgan fingerprint density at radius 2 is 2.18 bits per heavy atom. The van der Waals surface area contributed by atoms with Gasteiger partial charge in [-0.15, -0.1) is 0 Å². The van der Waals surface area contributed by atoms with Crippen LogP contribution in [0.5, 0.6) is 5.88 Å². The minimum absolute atomic E-state index is 0.118. The van der Waals surface area contributed by atoms with E-state index >= 15 is 0 Å². The van der Waals surface area contributed by atoms with Crippen LogP contribution in [-0.2, 0) is 0 Å². The molecule has 0 aromatic carbocycles. The molecule has 0 bridgehead atoms. The van der Waals surface area contributed by atoms with Crippen LogP contribution in [0.2, 0.25) is 0 Å². The Bertz CT molecular complexity index is 367. The first-order valence-electron chi connectivity index (χ1n) is 5.72. The number of aromatic nitrogens is 1. The van der Waals surface area contributed by atoms with Gasteiger partial charge in [-0.2, -0.15) is 4.98 Å². The van der Waals surface area contributed by atoms with E-state index in [0.717, 1.165) is 0 Å². The van der Waals surface area contributed by atoms with Gasteiger partial charge in [-0.1, -0.05) is 13.8 Å². The molecule has 4 N–H and O–H groups in total.